The third-order valence-corrected chi connectivity index (χ3v) is 6.38. The summed E-state index contributed by atoms with van der Waals surface area (Å²) in [7, 11) is 0. The zero-order chi connectivity index (χ0) is 12.8. The summed E-state index contributed by atoms with van der Waals surface area (Å²) >= 11 is 4.13. The number of thioether (sulfide) groups is 1. The number of hydrogen-bond donors (Lipinski definition) is 0. The molecule has 1 aliphatic rings. The van der Waals surface area contributed by atoms with Crippen molar-refractivity contribution in [2.45, 2.75) is 64.0 Å². The molecule has 1 aromatic heterocycles. The smallest absolute Gasteiger partial charge is 0.0469 e. The lowest BCUT2D eigenvalue weighted by molar-refractivity contribution is 0.672. The third kappa shape index (κ3) is 3.89. The molecular formula is C16H24S2. The van der Waals surface area contributed by atoms with Crippen molar-refractivity contribution in [3.63, 3.8) is 0 Å². The van der Waals surface area contributed by atoms with Gasteiger partial charge in [-0.1, -0.05) is 39.2 Å². The van der Waals surface area contributed by atoms with Crippen LogP contribution in [0.3, 0.4) is 0 Å². The maximum atomic E-state index is 2.48. The van der Waals surface area contributed by atoms with Crippen LogP contribution >= 0.6 is 23.1 Å². The first kappa shape index (κ1) is 14.2. The summed E-state index contributed by atoms with van der Waals surface area (Å²) in [6.45, 7) is 4.52. The van der Waals surface area contributed by atoms with Crippen LogP contribution in [0.1, 0.15) is 67.4 Å². The molecule has 2 heteroatoms. The summed E-state index contributed by atoms with van der Waals surface area (Å²) in [5.74, 6) is 0. The molecule has 18 heavy (non-hydrogen) atoms. The molecule has 0 aromatic carbocycles. The second-order valence-corrected chi connectivity index (χ2v) is 7.51. The van der Waals surface area contributed by atoms with Gasteiger partial charge in [0.2, 0.25) is 0 Å². The quantitative estimate of drug-likeness (QED) is 0.525. The molecule has 0 N–H and O–H groups in total. The van der Waals surface area contributed by atoms with E-state index in [4.69, 9.17) is 0 Å². The monoisotopic (exact) mass is 280 g/mol. The van der Waals surface area contributed by atoms with Gasteiger partial charge in [0.05, 0.1) is 0 Å². The summed E-state index contributed by atoms with van der Waals surface area (Å²) < 4.78 is 0. The largest absolute Gasteiger partial charge is 0.144 e. The third-order valence-electron chi connectivity index (χ3n) is 3.48. The second kappa shape index (κ2) is 7.40. The Labute approximate surface area is 120 Å². The normalized spacial score (nSPS) is 19.2. The Bertz CT molecular complexity index is 390. The lowest BCUT2D eigenvalue weighted by Crippen LogP contribution is -1.83. The fourth-order valence-electron chi connectivity index (χ4n) is 2.34. The van der Waals surface area contributed by atoms with Crippen molar-refractivity contribution < 1.29 is 0 Å². The Morgan fingerprint density at radius 2 is 2.06 bits per heavy atom. The molecule has 1 aromatic rings. The SMILES string of the molecule is CCCCCCC1=CCC(c2ccc(CC)s2)S1. The first-order chi connectivity index (χ1) is 8.83. The van der Waals surface area contributed by atoms with Gasteiger partial charge in [-0.05, 0) is 42.7 Å². The zero-order valence-corrected chi connectivity index (χ0v) is 13.2. The van der Waals surface area contributed by atoms with Crippen molar-refractivity contribution in [2.24, 2.45) is 0 Å². The lowest BCUT2D eigenvalue weighted by atomic mass is 10.1. The molecule has 0 saturated heterocycles. The van der Waals surface area contributed by atoms with Crippen LogP contribution in [0, 0.1) is 0 Å². The van der Waals surface area contributed by atoms with Gasteiger partial charge in [-0.25, -0.2) is 0 Å². The molecule has 1 unspecified atom stereocenters. The molecule has 0 bridgehead atoms. The fraction of sp³-hybridized carbons (Fsp3) is 0.625. The highest BCUT2D eigenvalue weighted by Crippen LogP contribution is 2.47. The van der Waals surface area contributed by atoms with Gasteiger partial charge in [0.15, 0.2) is 0 Å². The van der Waals surface area contributed by atoms with Gasteiger partial charge in [-0.3, -0.25) is 0 Å². The van der Waals surface area contributed by atoms with E-state index in [2.05, 4.69) is 43.8 Å². The van der Waals surface area contributed by atoms with Crippen molar-refractivity contribution in [1.82, 2.24) is 0 Å². The highest BCUT2D eigenvalue weighted by atomic mass is 32.2. The van der Waals surface area contributed by atoms with Crippen molar-refractivity contribution in [3.8, 4) is 0 Å². The standard InChI is InChI=1S/C16H24S2/c1-3-5-6-7-8-14-10-12-16(18-14)15-11-9-13(4-2)17-15/h9-11,16H,3-8,12H2,1-2H3. The van der Waals surface area contributed by atoms with E-state index in [1.54, 1.807) is 9.78 Å². The molecule has 0 fully saturated rings. The number of allylic oxidation sites excluding steroid dienone is 2. The van der Waals surface area contributed by atoms with E-state index < -0.39 is 0 Å². The predicted octanol–water partition coefficient (Wildman–Crippen LogP) is 6.34. The lowest BCUT2D eigenvalue weighted by Gasteiger charge is -2.07. The van der Waals surface area contributed by atoms with Crippen molar-refractivity contribution in [3.05, 3.63) is 32.9 Å². The highest BCUT2D eigenvalue weighted by Gasteiger charge is 2.20. The van der Waals surface area contributed by atoms with E-state index in [9.17, 15) is 0 Å². The van der Waals surface area contributed by atoms with Crippen molar-refractivity contribution in [2.75, 3.05) is 0 Å². The van der Waals surface area contributed by atoms with Gasteiger partial charge in [0, 0.05) is 15.0 Å². The van der Waals surface area contributed by atoms with E-state index in [1.165, 1.54) is 49.8 Å². The van der Waals surface area contributed by atoms with Crippen LogP contribution in [0.4, 0.5) is 0 Å². The molecular weight excluding hydrogens is 256 g/mol. The Morgan fingerprint density at radius 1 is 1.17 bits per heavy atom. The topological polar surface area (TPSA) is 0 Å². The summed E-state index contributed by atoms with van der Waals surface area (Å²) in [6.07, 6.45) is 11.7. The molecule has 0 spiro atoms. The van der Waals surface area contributed by atoms with E-state index in [0.29, 0.717) is 0 Å². The molecule has 0 aliphatic carbocycles. The molecule has 100 valence electrons. The average Bonchev–Trinajstić information content (AvgIpc) is 3.03. The van der Waals surface area contributed by atoms with Crippen LogP contribution in [0.2, 0.25) is 0 Å². The fourth-order valence-corrected chi connectivity index (χ4v) is 4.78. The Hall–Kier alpha value is -0.210. The first-order valence-corrected chi connectivity index (χ1v) is 8.97. The Morgan fingerprint density at radius 3 is 2.78 bits per heavy atom. The molecule has 2 heterocycles. The number of rotatable bonds is 7. The summed E-state index contributed by atoms with van der Waals surface area (Å²) in [4.78, 5) is 4.75. The van der Waals surface area contributed by atoms with Gasteiger partial charge < -0.3 is 0 Å². The highest BCUT2D eigenvalue weighted by molar-refractivity contribution is 8.03. The minimum Gasteiger partial charge on any atom is -0.144 e. The number of aryl methyl sites for hydroxylation is 1. The number of unbranched alkanes of at least 4 members (excludes halogenated alkanes) is 3. The Balaban J connectivity index is 1.76. The van der Waals surface area contributed by atoms with Gasteiger partial charge in [-0.2, -0.15) is 0 Å². The van der Waals surface area contributed by atoms with Crippen LogP contribution in [-0.4, -0.2) is 0 Å². The van der Waals surface area contributed by atoms with Crippen LogP contribution in [0.5, 0.6) is 0 Å². The summed E-state index contributed by atoms with van der Waals surface area (Å²) in [6, 6.07) is 4.65. The van der Waals surface area contributed by atoms with E-state index in [0.717, 1.165) is 5.25 Å². The summed E-state index contributed by atoms with van der Waals surface area (Å²) in [5, 5.41) is 0.719. The molecule has 1 aliphatic heterocycles. The van der Waals surface area contributed by atoms with Gasteiger partial charge >= 0.3 is 0 Å². The van der Waals surface area contributed by atoms with Gasteiger partial charge in [0.25, 0.3) is 0 Å². The number of hydrogen-bond acceptors (Lipinski definition) is 2. The maximum Gasteiger partial charge on any atom is 0.0469 e. The van der Waals surface area contributed by atoms with E-state index in [1.807, 2.05) is 11.3 Å². The molecule has 1 atom stereocenters. The predicted molar refractivity (Wildman–Crippen MR) is 85.5 cm³/mol. The second-order valence-electron chi connectivity index (χ2n) is 4.98. The van der Waals surface area contributed by atoms with Gasteiger partial charge in [-0.15, -0.1) is 23.1 Å². The molecule has 0 amide bonds. The van der Waals surface area contributed by atoms with E-state index in [-0.39, 0.29) is 0 Å². The first-order valence-electron chi connectivity index (χ1n) is 7.27. The van der Waals surface area contributed by atoms with Gasteiger partial charge in [0.1, 0.15) is 0 Å². The summed E-state index contributed by atoms with van der Waals surface area (Å²) in [5.41, 5.74) is 0. The van der Waals surface area contributed by atoms with E-state index >= 15 is 0 Å². The van der Waals surface area contributed by atoms with Crippen LogP contribution < -0.4 is 0 Å². The van der Waals surface area contributed by atoms with Crippen LogP contribution in [0.15, 0.2) is 23.1 Å². The maximum absolute atomic E-state index is 2.48. The molecule has 0 radical (unpaired) electrons. The van der Waals surface area contributed by atoms with Crippen LogP contribution in [0.25, 0.3) is 0 Å². The number of thiophene rings is 1. The molecule has 0 saturated carbocycles. The average molecular weight is 281 g/mol. The van der Waals surface area contributed by atoms with Crippen molar-refractivity contribution >= 4 is 23.1 Å². The molecule has 0 nitrogen and oxygen atoms in total. The van der Waals surface area contributed by atoms with Crippen LogP contribution in [-0.2, 0) is 6.42 Å². The molecule has 2 rings (SSSR count). The Kier molecular flexibility index (Phi) is 5.84. The van der Waals surface area contributed by atoms with Crippen molar-refractivity contribution in [1.29, 1.82) is 0 Å². The minimum absolute atomic E-state index is 0.719. The zero-order valence-electron chi connectivity index (χ0n) is 11.6. The minimum atomic E-state index is 0.719.